The molecule has 0 N–H and O–H groups in total. The van der Waals surface area contributed by atoms with Gasteiger partial charge in [-0.1, -0.05) is 11.6 Å². The highest BCUT2D eigenvalue weighted by molar-refractivity contribution is 6.33. The molecule has 4 nitrogen and oxygen atoms in total. The Morgan fingerprint density at radius 1 is 1.25 bits per heavy atom. The lowest BCUT2D eigenvalue weighted by molar-refractivity contribution is -0.135. The molecule has 0 radical (unpaired) electrons. The monoisotopic (exact) mass is 299 g/mol. The number of hydrogen-bond acceptors (Lipinski definition) is 3. The van der Waals surface area contributed by atoms with Gasteiger partial charge in [-0.05, 0) is 37.5 Å². The third-order valence-corrected chi connectivity index (χ3v) is 3.50. The zero-order chi connectivity index (χ0) is 14.5. The van der Waals surface area contributed by atoms with Crippen molar-refractivity contribution in [3.05, 3.63) is 34.6 Å². The van der Waals surface area contributed by atoms with Gasteiger partial charge >= 0.3 is 5.97 Å². The summed E-state index contributed by atoms with van der Waals surface area (Å²) in [5.74, 6) is -1.47. The first-order valence-corrected chi connectivity index (χ1v) is 6.85. The van der Waals surface area contributed by atoms with Crippen molar-refractivity contribution in [3.8, 4) is 0 Å². The summed E-state index contributed by atoms with van der Waals surface area (Å²) >= 11 is 5.75. The van der Waals surface area contributed by atoms with Crippen molar-refractivity contribution in [3.63, 3.8) is 0 Å². The molecule has 1 aliphatic heterocycles. The van der Waals surface area contributed by atoms with Gasteiger partial charge in [-0.3, -0.25) is 4.79 Å². The van der Waals surface area contributed by atoms with Crippen molar-refractivity contribution < 1.29 is 18.7 Å². The molecule has 0 atom stereocenters. The van der Waals surface area contributed by atoms with Gasteiger partial charge in [-0.25, -0.2) is 9.18 Å². The van der Waals surface area contributed by atoms with Crippen LogP contribution in [0.15, 0.2) is 18.2 Å². The van der Waals surface area contributed by atoms with Gasteiger partial charge < -0.3 is 9.64 Å². The Labute approximate surface area is 121 Å². The highest BCUT2D eigenvalue weighted by Crippen LogP contribution is 2.18. The summed E-state index contributed by atoms with van der Waals surface area (Å²) in [6.45, 7) is 1.09. The zero-order valence-electron chi connectivity index (χ0n) is 10.9. The van der Waals surface area contributed by atoms with E-state index in [1.807, 2.05) is 0 Å². The first kappa shape index (κ1) is 14.8. The smallest absolute Gasteiger partial charge is 0.340 e. The van der Waals surface area contributed by atoms with Crippen molar-refractivity contribution in [2.24, 2.45) is 0 Å². The molecule has 0 aliphatic carbocycles. The quantitative estimate of drug-likeness (QED) is 0.806. The van der Waals surface area contributed by atoms with Gasteiger partial charge in [-0.2, -0.15) is 0 Å². The number of esters is 1. The van der Waals surface area contributed by atoms with Crippen molar-refractivity contribution in [1.82, 2.24) is 4.90 Å². The molecule has 0 unspecified atom stereocenters. The van der Waals surface area contributed by atoms with Crippen molar-refractivity contribution >= 4 is 23.5 Å². The summed E-state index contributed by atoms with van der Waals surface area (Å²) < 4.78 is 17.8. The number of hydrogen-bond donors (Lipinski definition) is 0. The summed E-state index contributed by atoms with van der Waals surface area (Å²) in [5, 5.41) is -0.0274. The van der Waals surface area contributed by atoms with Crippen molar-refractivity contribution in [2.75, 3.05) is 19.7 Å². The Morgan fingerprint density at radius 2 is 1.95 bits per heavy atom. The van der Waals surface area contributed by atoms with Gasteiger partial charge in [0.2, 0.25) is 0 Å². The van der Waals surface area contributed by atoms with Crippen LogP contribution in [0.4, 0.5) is 4.39 Å². The summed E-state index contributed by atoms with van der Waals surface area (Å²) in [6.07, 6.45) is 3.07. The van der Waals surface area contributed by atoms with Crippen LogP contribution < -0.4 is 0 Å². The number of nitrogens with zero attached hydrogens (tertiary/aromatic N) is 1. The molecule has 1 aromatic carbocycles. The topological polar surface area (TPSA) is 46.6 Å². The summed E-state index contributed by atoms with van der Waals surface area (Å²) in [7, 11) is 0. The molecule has 2 rings (SSSR count). The fourth-order valence-corrected chi connectivity index (χ4v) is 2.34. The minimum atomic E-state index is -0.722. The Balaban J connectivity index is 1.89. The number of amides is 1. The number of benzene rings is 1. The van der Waals surface area contributed by atoms with Crippen LogP contribution in [-0.2, 0) is 9.53 Å². The van der Waals surface area contributed by atoms with E-state index < -0.39 is 11.8 Å². The molecule has 0 spiro atoms. The molecule has 0 aromatic heterocycles. The van der Waals surface area contributed by atoms with Crippen molar-refractivity contribution in [1.29, 1.82) is 0 Å². The van der Waals surface area contributed by atoms with E-state index in [9.17, 15) is 14.0 Å². The third kappa shape index (κ3) is 3.70. The molecule has 1 aliphatic rings. The molecular weight excluding hydrogens is 285 g/mol. The molecular formula is C14H15ClFNO3. The second kappa shape index (κ2) is 6.70. The van der Waals surface area contributed by atoms with Gasteiger partial charge in [-0.15, -0.1) is 0 Å². The van der Waals surface area contributed by atoms with Gasteiger partial charge in [0.25, 0.3) is 5.91 Å². The zero-order valence-corrected chi connectivity index (χ0v) is 11.7. The molecule has 0 saturated carbocycles. The maximum atomic E-state index is 12.9. The largest absolute Gasteiger partial charge is 0.452 e. The molecule has 108 valence electrons. The van der Waals surface area contributed by atoms with Gasteiger partial charge in [0.15, 0.2) is 6.61 Å². The average Bonchev–Trinajstić information content (AvgIpc) is 2.45. The molecule has 1 aromatic rings. The number of likely N-dealkylation sites (tertiary alicyclic amines) is 1. The minimum Gasteiger partial charge on any atom is -0.452 e. The van der Waals surface area contributed by atoms with E-state index in [-0.39, 0.29) is 23.1 Å². The van der Waals surface area contributed by atoms with E-state index in [1.54, 1.807) is 4.90 Å². The lowest BCUT2D eigenvalue weighted by atomic mass is 10.1. The molecule has 1 heterocycles. The van der Waals surface area contributed by atoms with Crippen LogP contribution in [0, 0.1) is 5.82 Å². The highest BCUT2D eigenvalue weighted by Gasteiger charge is 2.19. The Bertz CT molecular complexity index is 515. The Morgan fingerprint density at radius 3 is 2.60 bits per heavy atom. The van der Waals surface area contributed by atoms with Crippen molar-refractivity contribution in [2.45, 2.75) is 19.3 Å². The molecule has 6 heteroatoms. The Kier molecular flexibility index (Phi) is 4.95. The van der Waals surface area contributed by atoms with E-state index in [1.165, 1.54) is 6.07 Å². The summed E-state index contributed by atoms with van der Waals surface area (Å²) in [5.41, 5.74) is 0.0551. The summed E-state index contributed by atoms with van der Waals surface area (Å²) in [4.78, 5) is 25.3. The van der Waals surface area contributed by atoms with Crippen LogP contribution in [0.1, 0.15) is 29.6 Å². The summed E-state index contributed by atoms with van der Waals surface area (Å²) in [6, 6.07) is 3.39. The normalized spacial score (nSPS) is 15.0. The molecule has 1 saturated heterocycles. The van der Waals surface area contributed by atoms with E-state index in [2.05, 4.69) is 0 Å². The minimum absolute atomic E-state index is 0.0274. The number of carbonyl (C=O) groups excluding carboxylic acids is 2. The number of rotatable bonds is 3. The highest BCUT2D eigenvalue weighted by atomic mass is 35.5. The van der Waals surface area contributed by atoms with E-state index in [4.69, 9.17) is 16.3 Å². The third-order valence-electron chi connectivity index (χ3n) is 3.19. The van der Waals surface area contributed by atoms with E-state index in [0.29, 0.717) is 13.1 Å². The predicted molar refractivity (Wildman–Crippen MR) is 72.1 cm³/mol. The lowest BCUT2D eigenvalue weighted by Crippen LogP contribution is -2.38. The number of piperidine rings is 1. The van der Waals surface area contributed by atoms with Crippen LogP contribution in [0.2, 0.25) is 5.02 Å². The maximum absolute atomic E-state index is 12.9. The van der Waals surface area contributed by atoms with Crippen LogP contribution in [-0.4, -0.2) is 36.5 Å². The fraction of sp³-hybridized carbons (Fsp3) is 0.429. The molecule has 1 amide bonds. The second-order valence-corrected chi connectivity index (χ2v) is 5.05. The Hall–Kier alpha value is -1.62. The number of halogens is 2. The fourth-order valence-electron chi connectivity index (χ4n) is 2.09. The number of ether oxygens (including phenoxy) is 1. The van der Waals surface area contributed by atoms with Gasteiger partial charge in [0.1, 0.15) is 5.82 Å². The van der Waals surface area contributed by atoms with E-state index in [0.717, 1.165) is 31.4 Å². The number of carbonyl (C=O) groups is 2. The SMILES string of the molecule is O=C(OCC(=O)N1CCCCC1)c1ccc(F)cc1Cl. The van der Waals surface area contributed by atoms with Crippen LogP contribution >= 0.6 is 11.6 Å². The average molecular weight is 300 g/mol. The molecule has 0 bridgehead atoms. The first-order valence-electron chi connectivity index (χ1n) is 6.48. The predicted octanol–water partition coefficient (Wildman–Crippen LogP) is 2.65. The lowest BCUT2D eigenvalue weighted by Gasteiger charge is -2.26. The molecule has 20 heavy (non-hydrogen) atoms. The first-order chi connectivity index (χ1) is 9.58. The van der Waals surface area contributed by atoms with Crippen LogP contribution in [0.3, 0.4) is 0 Å². The van der Waals surface area contributed by atoms with Gasteiger partial charge in [0.05, 0.1) is 10.6 Å². The standard InChI is InChI=1S/C14H15ClFNO3/c15-12-8-10(16)4-5-11(12)14(19)20-9-13(18)17-6-2-1-3-7-17/h4-5,8H,1-3,6-7,9H2. The molecule has 1 fully saturated rings. The van der Waals surface area contributed by atoms with Crippen LogP contribution in [0.5, 0.6) is 0 Å². The maximum Gasteiger partial charge on any atom is 0.340 e. The van der Waals surface area contributed by atoms with E-state index >= 15 is 0 Å². The van der Waals surface area contributed by atoms with Crippen LogP contribution in [0.25, 0.3) is 0 Å². The second-order valence-electron chi connectivity index (χ2n) is 4.64. The van der Waals surface area contributed by atoms with Gasteiger partial charge in [0, 0.05) is 13.1 Å².